The summed E-state index contributed by atoms with van der Waals surface area (Å²) in [5, 5.41) is 3.64. The number of benzene rings is 1. The van der Waals surface area contributed by atoms with Gasteiger partial charge in [0.1, 0.15) is 0 Å². The second-order valence-corrected chi connectivity index (χ2v) is 2.16. The van der Waals surface area contributed by atoms with Crippen LogP contribution in [-0.2, 0) is 0 Å². The smallest absolute Gasteiger partial charge is 0.0868 e. The minimum absolute atomic E-state index is 0.778. The molecule has 0 heterocycles. The molecular weight excluding hydrogens is 148 g/mol. The lowest BCUT2D eigenvalue weighted by Crippen LogP contribution is -1.66. The van der Waals surface area contributed by atoms with Gasteiger partial charge < -0.3 is 0 Å². The van der Waals surface area contributed by atoms with E-state index in [1.807, 2.05) is 31.2 Å². The third kappa shape index (κ3) is 1.81. The molecule has 0 saturated heterocycles. The molecule has 52 valence electrons. The third-order valence-corrected chi connectivity index (χ3v) is 1.26. The third-order valence-electron chi connectivity index (χ3n) is 1.19. The normalized spacial score (nSPS) is 10.6. The molecule has 0 amide bonds. The highest BCUT2D eigenvalue weighted by atomic mass is 35.5. The van der Waals surface area contributed by atoms with Gasteiger partial charge in [0.25, 0.3) is 0 Å². The Morgan fingerprint density at radius 1 is 1.20 bits per heavy atom. The van der Waals surface area contributed by atoms with Crippen molar-refractivity contribution in [1.29, 1.82) is 0 Å². The zero-order valence-electron chi connectivity index (χ0n) is 5.58. The molecular formula is C7H7ClN2. The first-order valence-corrected chi connectivity index (χ1v) is 3.25. The van der Waals surface area contributed by atoms with Gasteiger partial charge in [0.15, 0.2) is 0 Å². The van der Waals surface area contributed by atoms with Crippen LogP contribution < -0.4 is 0 Å². The zero-order chi connectivity index (χ0) is 7.40. The maximum absolute atomic E-state index is 5.03. The second kappa shape index (κ2) is 3.32. The fourth-order valence-corrected chi connectivity index (χ4v) is 0.742. The summed E-state index contributed by atoms with van der Waals surface area (Å²) >= 11 is 5.03. The molecule has 0 unspecified atom stereocenters. The molecule has 3 heteroatoms. The molecule has 0 bridgehead atoms. The van der Waals surface area contributed by atoms with E-state index in [1.165, 1.54) is 5.56 Å². The molecule has 0 aromatic heterocycles. The van der Waals surface area contributed by atoms with Crippen molar-refractivity contribution in [2.24, 2.45) is 9.75 Å². The lowest BCUT2D eigenvalue weighted by Gasteiger charge is -1.90. The Morgan fingerprint density at radius 2 is 1.80 bits per heavy atom. The fourth-order valence-electron chi connectivity index (χ4n) is 0.655. The average molecular weight is 155 g/mol. The monoisotopic (exact) mass is 154 g/mol. The highest BCUT2D eigenvalue weighted by Crippen LogP contribution is 2.12. The van der Waals surface area contributed by atoms with Crippen LogP contribution in [0.25, 0.3) is 0 Å². The summed E-state index contributed by atoms with van der Waals surface area (Å²) in [5.74, 6) is 0. The molecule has 0 radical (unpaired) electrons. The minimum Gasteiger partial charge on any atom is -0.138 e. The highest BCUT2D eigenvalue weighted by molar-refractivity contribution is 6.14. The van der Waals surface area contributed by atoms with Crippen molar-refractivity contribution in [3.63, 3.8) is 0 Å². The highest BCUT2D eigenvalue weighted by Gasteiger charge is 1.85. The maximum Gasteiger partial charge on any atom is 0.0868 e. The quantitative estimate of drug-likeness (QED) is 0.555. The molecule has 0 aliphatic carbocycles. The zero-order valence-corrected chi connectivity index (χ0v) is 6.34. The summed E-state index contributed by atoms with van der Waals surface area (Å²) in [6.45, 7) is 2.02. The first-order chi connectivity index (χ1) is 4.83. The number of hydrogen-bond acceptors (Lipinski definition) is 2. The lowest BCUT2D eigenvalue weighted by atomic mass is 10.2. The molecule has 2 nitrogen and oxygen atoms in total. The summed E-state index contributed by atoms with van der Waals surface area (Å²) in [6, 6.07) is 7.64. The van der Waals surface area contributed by atoms with Crippen LogP contribution in [0.2, 0.25) is 0 Å². The van der Waals surface area contributed by atoms with E-state index in [-0.39, 0.29) is 0 Å². The fraction of sp³-hybridized carbons (Fsp3) is 0.143. The van der Waals surface area contributed by atoms with Gasteiger partial charge in [-0.3, -0.25) is 0 Å². The van der Waals surface area contributed by atoms with Crippen molar-refractivity contribution < 1.29 is 0 Å². The van der Waals surface area contributed by atoms with Crippen molar-refractivity contribution in [3.05, 3.63) is 29.8 Å². The van der Waals surface area contributed by atoms with E-state index < -0.39 is 0 Å². The van der Waals surface area contributed by atoms with E-state index in [0.717, 1.165) is 5.69 Å². The number of halogens is 1. The van der Waals surface area contributed by atoms with Crippen molar-refractivity contribution in [2.75, 3.05) is 0 Å². The Balaban J connectivity index is 2.89. The van der Waals surface area contributed by atoms with Crippen LogP contribution in [0, 0.1) is 6.92 Å². The van der Waals surface area contributed by atoms with Gasteiger partial charge in [-0.2, -0.15) is 0 Å². The Morgan fingerprint density at radius 3 is 2.30 bits per heavy atom. The van der Waals surface area contributed by atoms with Gasteiger partial charge in [-0.05, 0) is 19.1 Å². The summed E-state index contributed by atoms with van der Waals surface area (Å²) < 4.78 is 3.13. The predicted molar refractivity (Wildman–Crippen MR) is 41.5 cm³/mol. The summed E-state index contributed by atoms with van der Waals surface area (Å²) in [7, 11) is 0. The average Bonchev–Trinajstić information content (AvgIpc) is 1.95. The Bertz CT molecular complexity index is 228. The van der Waals surface area contributed by atoms with E-state index in [9.17, 15) is 0 Å². The number of aryl methyl sites for hydroxylation is 1. The van der Waals surface area contributed by atoms with Crippen LogP contribution in [0.15, 0.2) is 34.0 Å². The molecule has 10 heavy (non-hydrogen) atoms. The van der Waals surface area contributed by atoms with Crippen LogP contribution in [0.3, 0.4) is 0 Å². The summed E-state index contributed by atoms with van der Waals surface area (Å²) in [5.41, 5.74) is 1.98. The Labute approximate surface area is 64.7 Å². The van der Waals surface area contributed by atoms with E-state index in [0.29, 0.717) is 0 Å². The minimum atomic E-state index is 0.778. The Hall–Kier alpha value is -0.890. The number of hydrogen-bond donors (Lipinski definition) is 0. The molecule has 0 aliphatic heterocycles. The van der Waals surface area contributed by atoms with Crippen LogP contribution in [-0.4, -0.2) is 0 Å². The topological polar surface area (TPSA) is 24.7 Å². The largest absolute Gasteiger partial charge is 0.138 e. The molecule has 1 aromatic rings. The predicted octanol–water partition coefficient (Wildman–Crippen LogP) is 3.23. The van der Waals surface area contributed by atoms with Crippen LogP contribution in [0.5, 0.6) is 0 Å². The van der Waals surface area contributed by atoms with Crippen molar-refractivity contribution >= 4 is 17.5 Å². The van der Waals surface area contributed by atoms with Gasteiger partial charge in [-0.15, -0.1) is 5.11 Å². The van der Waals surface area contributed by atoms with E-state index in [4.69, 9.17) is 11.8 Å². The van der Waals surface area contributed by atoms with Gasteiger partial charge in [0.2, 0.25) is 0 Å². The van der Waals surface area contributed by atoms with Crippen molar-refractivity contribution in [3.8, 4) is 0 Å². The summed E-state index contributed by atoms with van der Waals surface area (Å²) in [4.78, 5) is 0. The second-order valence-electron chi connectivity index (χ2n) is 2.01. The van der Waals surface area contributed by atoms with Gasteiger partial charge >= 0.3 is 0 Å². The molecule has 0 spiro atoms. The maximum atomic E-state index is 5.03. The van der Waals surface area contributed by atoms with Crippen LogP contribution in [0.1, 0.15) is 5.56 Å². The summed E-state index contributed by atoms with van der Waals surface area (Å²) in [6.07, 6.45) is 0. The number of nitrogens with zero attached hydrogens (tertiary/aromatic N) is 2. The molecule has 0 fully saturated rings. The van der Waals surface area contributed by atoms with Crippen molar-refractivity contribution in [1.82, 2.24) is 0 Å². The van der Waals surface area contributed by atoms with E-state index >= 15 is 0 Å². The molecule has 0 atom stereocenters. The van der Waals surface area contributed by atoms with Gasteiger partial charge in [0.05, 0.1) is 17.5 Å². The standard InChI is InChI=1S/C7H7ClN2/c1-6-2-4-7(5-3-6)9-10-8/h2-5H,1H3/b10-9+. The van der Waals surface area contributed by atoms with Gasteiger partial charge in [-0.1, -0.05) is 22.3 Å². The first kappa shape index (κ1) is 7.22. The lowest BCUT2D eigenvalue weighted by molar-refractivity contribution is 1.31. The molecule has 0 saturated carbocycles. The molecule has 0 aliphatic rings. The van der Waals surface area contributed by atoms with Gasteiger partial charge in [0, 0.05) is 0 Å². The molecule has 1 aromatic carbocycles. The molecule has 0 N–H and O–H groups in total. The SMILES string of the molecule is Cc1ccc(/N=N/Cl)cc1. The van der Waals surface area contributed by atoms with Crippen molar-refractivity contribution in [2.45, 2.75) is 6.92 Å². The van der Waals surface area contributed by atoms with Gasteiger partial charge in [-0.25, -0.2) is 0 Å². The number of rotatable bonds is 1. The first-order valence-electron chi connectivity index (χ1n) is 2.91. The molecule has 1 rings (SSSR count). The van der Waals surface area contributed by atoms with E-state index in [2.05, 4.69) is 9.75 Å². The van der Waals surface area contributed by atoms with Crippen LogP contribution >= 0.6 is 11.8 Å². The Kier molecular flexibility index (Phi) is 2.40. The van der Waals surface area contributed by atoms with E-state index in [1.54, 1.807) is 0 Å². The van der Waals surface area contributed by atoms with Crippen LogP contribution in [0.4, 0.5) is 5.69 Å².